The third-order valence-corrected chi connectivity index (χ3v) is 9.79. The van der Waals surface area contributed by atoms with Crippen LogP contribution in [0.5, 0.6) is 5.75 Å². The Balaban J connectivity index is 1.59. The summed E-state index contributed by atoms with van der Waals surface area (Å²) < 4.78 is 81.5. The number of aryl methyl sites for hydroxylation is 1. The number of anilines is 2. The van der Waals surface area contributed by atoms with Crippen molar-refractivity contribution in [2.45, 2.75) is 69.5 Å². The molecule has 0 saturated heterocycles. The van der Waals surface area contributed by atoms with Gasteiger partial charge in [0.05, 0.1) is 42.3 Å². The maximum absolute atomic E-state index is 14.3. The van der Waals surface area contributed by atoms with Crippen LogP contribution in [0.15, 0.2) is 60.0 Å². The number of alkyl halides is 3. The van der Waals surface area contributed by atoms with Gasteiger partial charge in [0.2, 0.25) is 0 Å². The minimum Gasteiger partial charge on any atom is -0.490 e. The molecule has 0 saturated carbocycles. The lowest BCUT2D eigenvalue weighted by atomic mass is 10.0. The number of aliphatic hydroxyl groups is 1. The molecule has 17 heteroatoms. The topological polar surface area (TPSA) is 155 Å². The van der Waals surface area contributed by atoms with Gasteiger partial charge in [0.25, 0.3) is 15.9 Å². The van der Waals surface area contributed by atoms with E-state index < -0.39 is 45.8 Å². The first-order valence-electron chi connectivity index (χ1n) is 16.5. The summed E-state index contributed by atoms with van der Waals surface area (Å²) in [5.74, 6) is -0.657. The van der Waals surface area contributed by atoms with Gasteiger partial charge in [-0.25, -0.2) is 9.78 Å². The Labute approximate surface area is 295 Å². The van der Waals surface area contributed by atoms with Gasteiger partial charge in [-0.2, -0.15) is 21.6 Å². The average Bonchev–Trinajstić information content (AvgIpc) is 3.53. The molecule has 280 valence electrons. The molecule has 2 heterocycles. The highest BCUT2D eigenvalue weighted by atomic mass is 32.2. The summed E-state index contributed by atoms with van der Waals surface area (Å²) in [7, 11) is -0.912. The van der Waals surface area contributed by atoms with Gasteiger partial charge < -0.3 is 34.3 Å². The van der Waals surface area contributed by atoms with E-state index in [1.54, 1.807) is 14.0 Å². The Kier molecular flexibility index (Phi) is 13.0. The summed E-state index contributed by atoms with van der Waals surface area (Å²) >= 11 is 0. The Hall–Kier alpha value is -4.35. The number of ether oxygens (including phenoxy) is 2. The second-order valence-electron chi connectivity index (χ2n) is 12.9. The van der Waals surface area contributed by atoms with E-state index >= 15 is 0 Å². The van der Waals surface area contributed by atoms with Crippen molar-refractivity contribution < 1.29 is 45.8 Å². The van der Waals surface area contributed by atoms with Crippen LogP contribution in [0.1, 0.15) is 56.0 Å². The van der Waals surface area contributed by atoms with Crippen molar-refractivity contribution in [2.75, 3.05) is 43.4 Å². The van der Waals surface area contributed by atoms with Gasteiger partial charge in [-0.1, -0.05) is 6.92 Å². The normalized spacial score (nSPS) is 20.1. The number of likely N-dealkylation sites (N-methyl/N-ethyl adjacent to an activating group) is 1. The lowest BCUT2D eigenvalue weighted by Gasteiger charge is -2.35. The number of rotatable bonds is 8. The van der Waals surface area contributed by atoms with Crippen LogP contribution in [0.4, 0.5) is 29.3 Å². The summed E-state index contributed by atoms with van der Waals surface area (Å²) in [5.41, 5.74) is -0.461. The molecule has 3 aromatic rings. The molecule has 1 aliphatic heterocycles. The molecule has 3 amide bonds. The molecule has 0 unspecified atom stereocenters. The van der Waals surface area contributed by atoms with Crippen LogP contribution < -0.4 is 14.8 Å². The number of nitrogens with one attached hydrogen (secondary N) is 2. The van der Waals surface area contributed by atoms with E-state index in [1.165, 1.54) is 64.3 Å². The average molecular weight is 739 g/mol. The van der Waals surface area contributed by atoms with Crippen molar-refractivity contribution >= 4 is 33.3 Å². The molecule has 51 heavy (non-hydrogen) atoms. The van der Waals surface area contributed by atoms with E-state index in [1.807, 2.05) is 13.8 Å². The first-order chi connectivity index (χ1) is 24.0. The highest BCUT2D eigenvalue weighted by Crippen LogP contribution is 2.31. The number of benzene rings is 2. The number of carbonyl (C=O) groups excluding carboxylic acids is 2. The third-order valence-electron chi connectivity index (χ3n) is 8.52. The van der Waals surface area contributed by atoms with E-state index in [4.69, 9.17) is 9.47 Å². The molecular formula is C34H45F3N6O7S. The number of imidazole rings is 1. The molecule has 0 bridgehead atoms. The quantitative estimate of drug-likeness (QED) is 0.285. The number of aliphatic hydroxyl groups excluding tert-OH is 1. The van der Waals surface area contributed by atoms with Gasteiger partial charge in [-0.05, 0) is 75.6 Å². The second-order valence-corrected chi connectivity index (χ2v) is 14.5. The van der Waals surface area contributed by atoms with Crippen LogP contribution in [0.25, 0.3) is 0 Å². The van der Waals surface area contributed by atoms with Crippen LogP contribution >= 0.6 is 0 Å². The number of urea groups is 1. The fraction of sp³-hybridized carbons (Fsp3) is 0.500. The zero-order valence-corrected chi connectivity index (χ0v) is 30.0. The number of hydrogen-bond acceptors (Lipinski definition) is 8. The molecule has 0 aliphatic carbocycles. The minimum atomic E-state index is -4.51. The summed E-state index contributed by atoms with van der Waals surface area (Å²) in [6.07, 6.45) is -0.673. The number of fused-ring (bicyclic) bond motifs is 1. The maximum atomic E-state index is 14.3. The van der Waals surface area contributed by atoms with Crippen LogP contribution in [0.2, 0.25) is 0 Å². The van der Waals surface area contributed by atoms with E-state index in [0.717, 1.165) is 18.6 Å². The fourth-order valence-corrected chi connectivity index (χ4v) is 6.53. The van der Waals surface area contributed by atoms with Crippen LogP contribution in [-0.2, 0) is 28.0 Å². The lowest BCUT2D eigenvalue weighted by molar-refractivity contribution is -0.137. The van der Waals surface area contributed by atoms with E-state index in [-0.39, 0.29) is 59.4 Å². The van der Waals surface area contributed by atoms with Crippen molar-refractivity contribution in [3.05, 3.63) is 66.1 Å². The highest BCUT2D eigenvalue weighted by Gasteiger charge is 2.32. The van der Waals surface area contributed by atoms with E-state index in [9.17, 15) is 36.3 Å². The van der Waals surface area contributed by atoms with Crippen molar-refractivity contribution in [3.8, 4) is 5.75 Å². The van der Waals surface area contributed by atoms with Crippen molar-refractivity contribution in [2.24, 2.45) is 13.0 Å². The molecule has 4 atom stereocenters. The minimum absolute atomic E-state index is 0.0816. The Morgan fingerprint density at radius 2 is 1.82 bits per heavy atom. The van der Waals surface area contributed by atoms with Crippen LogP contribution in [0, 0.1) is 5.92 Å². The zero-order chi connectivity index (χ0) is 37.5. The van der Waals surface area contributed by atoms with Gasteiger partial charge in [-0.15, -0.1) is 0 Å². The summed E-state index contributed by atoms with van der Waals surface area (Å²) in [5, 5.41) is 12.6. The molecule has 4 rings (SSSR count). The molecule has 0 radical (unpaired) electrons. The highest BCUT2D eigenvalue weighted by molar-refractivity contribution is 7.92. The standard InChI is InChI=1S/C34H45F3N6O7S/c1-22-17-43(23(2)20-44)32(45)28-16-27(40-51(47,48)31-19-41(4)21-38-31)13-14-29(28)50-24(3)8-6-7-15-49-30(22)18-42(5)33(46)39-26-11-9-25(10-12-26)34(35,36)37/h9-14,16,19,21-24,30,40,44H,6-8,15,17-18,20H2,1-5H3,(H,39,46)/t22-,23+,24-,30-/m1/s1. The Bertz CT molecular complexity index is 1750. The SMILES string of the molecule is C[C@@H]1CCCCO[C@H](CN(C)C(=O)Nc2ccc(C(F)(F)F)cc2)[C@H](C)CN([C@@H](C)CO)C(=O)c2cc(NS(=O)(=O)c3cn(C)cn3)ccc2O1. The number of sulfonamides is 1. The Morgan fingerprint density at radius 1 is 1.14 bits per heavy atom. The smallest absolute Gasteiger partial charge is 0.416 e. The number of amides is 3. The van der Waals surface area contributed by atoms with Crippen molar-refractivity contribution in [3.63, 3.8) is 0 Å². The van der Waals surface area contributed by atoms with Crippen LogP contribution in [-0.4, -0.2) is 96.4 Å². The van der Waals surface area contributed by atoms with Crippen molar-refractivity contribution in [1.29, 1.82) is 0 Å². The van der Waals surface area contributed by atoms with Gasteiger partial charge in [0, 0.05) is 57.3 Å². The van der Waals surface area contributed by atoms with Gasteiger partial charge >= 0.3 is 12.2 Å². The van der Waals surface area contributed by atoms with Crippen molar-refractivity contribution in [1.82, 2.24) is 19.4 Å². The van der Waals surface area contributed by atoms with Crippen LogP contribution in [0.3, 0.4) is 0 Å². The van der Waals surface area contributed by atoms with Gasteiger partial charge in [-0.3, -0.25) is 9.52 Å². The van der Waals surface area contributed by atoms with Gasteiger partial charge in [0.15, 0.2) is 5.03 Å². The Morgan fingerprint density at radius 3 is 2.45 bits per heavy atom. The molecule has 0 fully saturated rings. The maximum Gasteiger partial charge on any atom is 0.416 e. The lowest BCUT2D eigenvalue weighted by Crippen LogP contribution is -2.48. The third kappa shape index (κ3) is 10.6. The largest absolute Gasteiger partial charge is 0.490 e. The molecule has 0 spiro atoms. The molecule has 3 N–H and O–H groups in total. The monoisotopic (exact) mass is 738 g/mol. The predicted molar refractivity (Wildman–Crippen MR) is 184 cm³/mol. The number of halogens is 3. The molecule has 13 nitrogen and oxygen atoms in total. The van der Waals surface area contributed by atoms with E-state index in [2.05, 4.69) is 15.0 Å². The zero-order valence-electron chi connectivity index (χ0n) is 29.2. The first kappa shape index (κ1) is 39.4. The number of hydrogen-bond donors (Lipinski definition) is 3. The first-order valence-corrected chi connectivity index (χ1v) is 18.0. The number of nitrogens with zero attached hydrogens (tertiary/aromatic N) is 4. The number of aromatic nitrogens is 2. The molecule has 1 aliphatic rings. The summed E-state index contributed by atoms with van der Waals surface area (Å²) in [6.45, 7) is 5.52. The molecule has 2 aromatic carbocycles. The predicted octanol–water partition coefficient (Wildman–Crippen LogP) is 5.20. The molecule has 1 aromatic heterocycles. The van der Waals surface area contributed by atoms with E-state index in [0.29, 0.717) is 19.4 Å². The van der Waals surface area contributed by atoms with Gasteiger partial charge in [0.1, 0.15) is 5.75 Å². The number of carbonyl (C=O) groups is 2. The second kappa shape index (κ2) is 16.8. The fourth-order valence-electron chi connectivity index (χ4n) is 5.50. The summed E-state index contributed by atoms with van der Waals surface area (Å²) in [6, 6.07) is 7.30. The summed E-state index contributed by atoms with van der Waals surface area (Å²) in [4.78, 5) is 34.1. The molecular weight excluding hydrogens is 693 g/mol.